The van der Waals surface area contributed by atoms with Gasteiger partial charge in [-0.25, -0.2) is 0 Å². The number of hydrogen-bond acceptors (Lipinski definition) is 3. The van der Waals surface area contributed by atoms with Gasteiger partial charge < -0.3 is 8.85 Å². The smallest absolute Gasteiger partial charge is 0.192 e. The maximum absolute atomic E-state index is 12.5. The van der Waals surface area contributed by atoms with E-state index in [1.807, 2.05) is 0 Å². The van der Waals surface area contributed by atoms with Crippen LogP contribution < -0.4 is 0 Å². The predicted octanol–water partition coefficient (Wildman–Crippen LogP) is 7.89. The monoisotopic (exact) mass is 478 g/mol. The second-order valence-corrected chi connectivity index (χ2v) is 22.4. The first kappa shape index (κ1) is 29.4. The lowest BCUT2D eigenvalue weighted by molar-refractivity contribution is -0.115. The van der Waals surface area contributed by atoms with E-state index in [9.17, 15) is 4.79 Å². The van der Waals surface area contributed by atoms with Crippen LogP contribution in [0.15, 0.2) is 12.2 Å². The number of Topliss-reactive ketones (excluding diaryl/α,β-unsaturated/α-hetero) is 1. The molecule has 0 spiro atoms. The van der Waals surface area contributed by atoms with Crippen molar-refractivity contribution in [3.63, 3.8) is 0 Å². The zero-order valence-electron chi connectivity index (χ0n) is 23.1. The SMILES string of the molecule is C=C1C(=O)C[C@@H](O[Si](C)(C)C(C)(C)C)[C@@H]1C#CCC(C)(CCCC)O[Si](C)(C)C(C)(C)C. The average Bonchev–Trinajstić information content (AvgIpc) is 2.84. The molecule has 0 aliphatic heterocycles. The first-order valence-electron chi connectivity index (χ1n) is 12.3. The van der Waals surface area contributed by atoms with Crippen LogP contribution in [-0.2, 0) is 13.6 Å². The quantitative estimate of drug-likeness (QED) is 0.202. The lowest BCUT2D eigenvalue weighted by Crippen LogP contribution is -2.48. The van der Waals surface area contributed by atoms with Gasteiger partial charge in [-0.2, -0.15) is 0 Å². The lowest BCUT2D eigenvalue weighted by atomic mass is 9.94. The van der Waals surface area contributed by atoms with Crippen LogP contribution >= 0.6 is 0 Å². The molecule has 0 aromatic carbocycles. The summed E-state index contributed by atoms with van der Waals surface area (Å²) < 4.78 is 13.5. The molecule has 3 atom stereocenters. The van der Waals surface area contributed by atoms with Gasteiger partial charge in [-0.3, -0.25) is 4.79 Å². The van der Waals surface area contributed by atoms with E-state index in [2.05, 4.69) is 100.0 Å². The second-order valence-electron chi connectivity index (χ2n) is 13.0. The Morgan fingerprint density at radius 2 is 1.53 bits per heavy atom. The Bertz CT molecular complexity index is 744. The van der Waals surface area contributed by atoms with Gasteiger partial charge in [0, 0.05) is 18.4 Å². The summed E-state index contributed by atoms with van der Waals surface area (Å²) in [5.41, 5.74) is 0.341. The molecule has 0 amide bonds. The normalized spacial score (nSPS) is 22.5. The van der Waals surface area contributed by atoms with Crippen molar-refractivity contribution in [1.82, 2.24) is 0 Å². The largest absolute Gasteiger partial charge is 0.412 e. The van der Waals surface area contributed by atoms with Crippen LogP contribution in [0, 0.1) is 17.8 Å². The maximum atomic E-state index is 12.5. The summed E-state index contributed by atoms with van der Waals surface area (Å²) in [6, 6.07) is 0. The maximum Gasteiger partial charge on any atom is 0.192 e. The molecule has 1 aliphatic rings. The molecule has 0 saturated heterocycles. The van der Waals surface area contributed by atoms with E-state index >= 15 is 0 Å². The molecule has 32 heavy (non-hydrogen) atoms. The van der Waals surface area contributed by atoms with E-state index < -0.39 is 16.6 Å². The number of rotatable bonds is 8. The molecule has 1 unspecified atom stereocenters. The highest BCUT2D eigenvalue weighted by Crippen LogP contribution is 2.42. The van der Waals surface area contributed by atoms with Gasteiger partial charge in [0.15, 0.2) is 22.4 Å². The molecule has 1 aliphatic carbocycles. The van der Waals surface area contributed by atoms with Crippen molar-refractivity contribution >= 4 is 22.4 Å². The molecular weight excluding hydrogens is 428 g/mol. The molecule has 0 N–H and O–H groups in total. The second kappa shape index (κ2) is 10.3. The third-order valence-corrected chi connectivity index (χ3v) is 17.0. The van der Waals surface area contributed by atoms with E-state index in [1.165, 1.54) is 0 Å². The predicted molar refractivity (Wildman–Crippen MR) is 143 cm³/mol. The average molecular weight is 479 g/mol. The molecule has 0 aromatic heterocycles. The van der Waals surface area contributed by atoms with Gasteiger partial charge in [-0.1, -0.05) is 79.7 Å². The molecule has 1 fully saturated rings. The van der Waals surface area contributed by atoms with Crippen molar-refractivity contribution in [2.24, 2.45) is 5.92 Å². The van der Waals surface area contributed by atoms with E-state index in [1.54, 1.807) is 0 Å². The number of hydrogen-bond donors (Lipinski definition) is 0. The van der Waals surface area contributed by atoms with Gasteiger partial charge in [-0.05, 0) is 49.6 Å². The van der Waals surface area contributed by atoms with Crippen molar-refractivity contribution in [3.05, 3.63) is 12.2 Å². The highest BCUT2D eigenvalue weighted by Gasteiger charge is 2.45. The van der Waals surface area contributed by atoms with E-state index in [0.29, 0.717) is 18.4 Å². The first-order valence-corrected chi connectivity index (χ1v) is 18.2. The van der Waals surface area contributed by atoms with Crippen LogP contribution in [0.1, 0.15) is 87.5 Å². The van der Waals surface area contributed by atoms with Crippen LogP contribution in [0.5, 0.6) is 0 Å². The Hall–Kier alpha value is -0.676. The summed E-state index contributed by atoms with van der Waals surface area (Å²) in [7, 11) is -3.92. The molecule has 3 nitrogen and oxygen atoms in total. The molecule has 0 radical (unpaired) electrons. The Morgan fingerprint density at radius 3 is 2.00 bits per heavy atom. The molecule has 1 saturated carbocycles. The fourth-order valence-corrected chi connectivity index (χ4v) is 6.56. The highest BCUT2D eigenvalue weighted by molar-refractivity contribution is 6.74. The van der Waals surface area contributed by atoms with Gasteiger partial charge in [0.05, 0.1) is 17.6 Å². The number of unbranched alkanes of at least 4 members (excludes halogenated alkanes) is 1. The van der Waals surface area contributed by atoms with E-state index in [4.69, 9.17) is 8.85 Å². The fourth-order valence-electron chi connectivity index (χ4n) is 3.52. The Labute approximate surface area is 201 Å². The topological polar surface area (TPSA) is 35.5 Å². The molecule has 0 heterocycles. The third kappa shape index (κ3) is 7.42. The third-order valence-electron chi connectivity index (χ3n) is 7.83. The summed E-state index contributed by atoms with van der Waals surface area (Å²) in [5.74, 6) is 6.72. The van der Waals surface area contributed by atoms with Gasteiger partial charge in [0.1, 0.15) is 0 Å². The Kier molecular flexibility index (Phi) is 9.45. The number of carbonyl (C=O) groups is 1. The number of ketones is 1. The van der Waals surface area contributed by atoms with Crippen molar-refractivity contribution in [2.45, 2.75) is 135 Å². The van der Waals surface area contributed by atoms with E-state index in [-0.39, 0.29) is 33.5 Å². The Balaban J connectivity index is 3.11. The summed E-state index contributed by atoms with van der Waals surface area (Å²) in [6.45, 7) is 31.1. The summed E-state index contributed by atoms with van der Waals surface area (Å²) >= 11 is 0. The van der Waals surface area contributed by atoms with E-state index in [0.717, 1.165) is 19.3 Å². The molecule has 184 valence electrons. The molecular formula is C27H50O3Si2. The zero-order valence-corrected chi connectivity index (χ0v) is 25.1. The van der Waals surface area contributed by atoms with Gasteiger partial charge in [0.25, 0.3) is 0 Å². The standard InChI is InChI=1S/C27H50O3Si2/c1-14-15-18-27(9,30-32(12,13)26(6,7)8)19-16-17-22-21(2)23(28)20-24(22)29-31(10,11)25(3,4)5/h22,24H,2,14-15,18-20H2,1,3-13H3/t22-,24-,27?/m1/s1. The zero-order chi connectivity index (χ0) is 25.2. The number of carbonyl (C=O) groups excluding carboxylic acids is 1. The summed E-state index contributed by atoms with van der Waals surface area (Å²) in [4.78, 5) is 12.5. The van der Waals surface area contributed by atoms with Gasteiger partial charge >= 0.3 is 0 Å². The minimum Gasteiger partial charge on any atom is -0.412 e. The van der Waals surface area contributed by atoms with Gasteiger partial charge in [0.2, 0.25) is 0 Å². The lowest BCUT2D eigenvalue weighted by Gasteiger charge is -2.44. The van der Waals surface area contributed by atoms with Crippen LogP contribution in [0.4, 0.5) is 0 Å². The van der Waals surface area contributed by atoms with Crippen LogP contribution in [0.3, 0.4) is 0 Å². The molecule has 0 bridgehead atoms. The van der Waals surface area contributed by atoms with Gasteiger partial charge in [-0.15, -0.1) is 0 Å². The first-order chi connectivity index (χ1) is 14.3. The van der Waals surface area contributed by atoms with Crippen LogP contribution in [-0.4, -0.2) is 34.1 Å². The molecule has 0 aromatic rings. The van der Waals surface area contributed by atoms with Crippen molar-refractivity contribution in [1.29, 1.82) is 0 Å². The highest BCUT2D eigenvalue weighted by atomic mass is 28.4. The Morgan fingerprint density at radius 1 is 1.00 bits per heavy atom. The van der Waals surface area contributed by atoms with Crippen LogP contribution in [0.25, 0.3) is 0 Å². The van der Waals surface area contributed by atoms with Crippen LogP contribution in [0.2, 0.25) is 36.3 Å². The van der Waals surface area contributed by atoms with Crippen molar-refractivity contribution in [2.75, 3.05) is 0 Å². The molecule has 5 heteroatoms. The summed E-state index contributed by atoms with van der Waals surface area (Å²) in [6.07, 6.45) is 4.16. The van der Waals surface area contributed by atoms with Crippen molar-refractivity contribution in [3.8, 4) is 11.8 Å². The fraction of sp³-hybridized carbons (Fsp3) is 0.815. The summed E-state index contributed by atoms with van der Waals surface area (Å²) in [5, 5.41) is 0.246. The van der Waals surface area contributed by atoms with Crippen molar-refractivity contribution < 1.29 is 13.6 Å². The minimum atomic E-state index is -2.00. The molecule has 1 rings (SSSR count). The minimum absolute atomic E-state index is 0.0910.